The summed E-state index contributed by atoms with van der Waals surface area (Å²) in [7, 11) is 0. The maximum Gasteiger partial charge on any atom is 0.0802 e. The number of allylic oxidation sites excluding steroid dienone is 3. The molecule has 2 nitrogen and oxygen atoms in total. The van der Waals surface area contributed by atoms with Crippen LogP contribution < -0.4 is 0 Å². The highest BCUT2D eigenvalue weighted by Crippen LogP contribution is 2.25. The molecule has 126 valence electrons. The van der Waals surface area contributed by atoms with E-state index < -0.39 is 11.7 Å². The van der Waals surface area contributed by atoms with E-state index in [1.165, 1.54) is 11.1 Å². The van der Waals surface area contributed by atoms with Gasteiger partial charge in [-0.15, -0.1) is 0 Å². The molecule has 0 fully saturated rings. The van der Waals surface area contributed by atoms with E-state index in [2.05, 4.69) is 39.8 Å². The molecule has 3 atom stereocenters. The molecule has 0 aliphatic heterocycles. The number of hydrogen-bond donors (Lipinski definition) is 2. The monoisotopic (exact) mass is 306 g/mol. The summed E-state index contributed by atoms with van der Waals surface area (Å²) in [6.45, 7) is 10.5. The molecule has 1 aliphatic carbocycles. The predicted octanol–water partition coefficient (Wildman–Crippen LogP) is 4.78. The Morgan fingerprint density at radius 1 is 1.23 bits per heavy atom. The molecule has 0 aromatic rings. The van der Waals surface area contributed by atoms with E-state index >= 15 is 0 Å². The van der Waals surface area contributed by atoms with E-state index in [0.717, 1.165) is 25.7 Å². The zero-order valence-corrected chi connectivity index (χ0v) is 15.0. The third-order valence-corrected chi connectivity index (χ3v) is 4.58. The van der Waals surface area contributed by atoms with Crippen LogP contribution in [0.3, 0.4) is 0 Å². The molecule has 0 bridgehead atoms. The Bertz CT molecular complexity index is 427. The summed E-state index contributed by atoms with van der Waals surface area (Å²) in [5.74, 6) is 1.02. The molecular formula is C20H34O2. The Hall–Kier alpha value is -0.860. The average molecular weight is 306 g/mol. The lowest BCUT2D eigenvalue weighted by Gasteiger charge is -2.22. The van der Waals surface area contributed by atoms with Crippen LogP contribution in [-0.2, 0) is 0 Å². The summed E-state index contributed by atoms with van der Waals surface area (Å²) in [6, 6.07) is 0. The van der Waals surface area contributed by atoms with Crippen molar-refractivity contribution in [3.05, 3.63) is 35.5 Å². The highest BCUT2D eigenvalue weighted by atomic mass is 16.3. The summed E-state index contributed by atoms with van der Waals surface area (Å²) in [5.41, 5.74) is 1.69. The molecule has 0 radical (unpaired) electrons. The van der Waals surface area contributed by atoms with Gasteiger partial charge in [0.25, 0.3) is 0 Å². The van der Waals surface area contributed by atoms with Gasteiger partial charge < -0.3 is 10.2 Å². The van der Waals surface area contributed by atoms with E-state index in [0.29, 0.717) is 18.3 Å². The average Bonchev–Trinajstić information content (AvgIpc) is 2.36. The van der Waals surface area contributed by atoms with E-state index in [-0.39, 0.29) is 0 Å². The fourth-order valence-corrected chi connectivity index (χ4v) is 2.96. The van der Waals surface area contributed by atoms with Crippen molar-refractivity contribution >= 4 is 0 Å². The van der Waals surface area contributed by atoms with E-state index in [1.807, 2.05) is 19.1 Å². The van der Waals surface area contributed by atoms with Gasteiger partial charge in [0.1, 0.15) is 0 Å². The molecule has 2 N–H and O–H groups in total. The van der Waals surface area contributed by atoms with Gasteiger partial charge in [0.15, 0.2) is 0 Å². The Morgan fingerprint density at radius 3 is 2.55 bits per heavy atom. The van der Waals surface area contributed by atoms with Crippen molar-refractivity contribution in [3.8, 4) is 0 Å². The number of aliphatic hydroxyl groups excluding tert-OH is 1. The van der Waals surface area contributed by atoms with Crippen LogP contribution in [0.4, 0.5) is 0 Å². The minimum absolute atomic E-state index is 0.396. The second kappa shape index (κ2) is 8.69. The Kier molecular flexibility index (Phi) is 7.58. The number of hydrogen-bond acceptors (Lipinski definition) is 2. The molecule has 0 aromatic heterocycles. The summed E-state index contributed by atoms with van der Waals surface area (Å²) in [4.78, 5) is 0. The molecule has 0 saturated carbocycles. The zero-order valence-electron chi connectivity index (χ0n) is 15.0. The molecule has 0 spiro atoms. The SMILES string of the molecule is C/C1=C\C(O)C/C(C)=C/CCC(C)(O)/C=C\C(C(C)C)CC1. The van der Waals surface area contributed by atoms with Crippen molar-refractivity contribution in [3.63, 3.8) is 0 Å². The number of aliphatic hydroxyl groups is 2. The first kappa shape index (κ1) is 19.2. The fourth-order valence-electron chi connectivity index (χ4n) is 2.96. The first-order chi connectivity index (χ1) is 10.2. The molecule has 3 unspecified atom stereocenters. The van der Waals surface area contributed by atoms with Gasteiger partial charge in [0.2, 0.25) is 0 Å². The van der Waals surface area contributed by atoms with Crippen LogP contribution in [0.2, 0.25) is 0 Å². The summed E-state index contributed by atoms with van der Waals surface area (Å²) < 4.78 is 0. The molecule has 0 saturated heterocycles. The van der Waals surface area contributed by atoms with Crippen molar-refractivity contribution in [2.75, 3.05) is 0 Å². The second-order valence-electron chi connectivity index (χ2n) is 7.54. The van der Waals surface area contributed by atoms with Crippen molar-refractivity contribution in [1.82, 2.24) is 0 Å². The third-order valence-electron chi connectivity index (χ3n) is 4.58. The van der Waals surface area contributed by atoms with Crippen molar-refractivity contribution in [2.45, 2.75) is 78.4 Å². The van der Waals surface area contributed by atoms with Crippen LogP contribution in [0, 0.1) is 11.8 Å². The quantitative estimate of drug-likeness (QED) is 0.684. The van der Waals surface area contributed by atoms with Gasteiger partial charge in [0, 0.05) is 0 Å². The van der Waals surface area contributed by atoms with Gasteiger partial charge in [0.05, 0.1) is 11.7 Å². The highest BCUT2D eigenvalue weighted by Gasteiger charge is 2.18. The van der Waals surface area contributed by atoms with Crippen LogP contribution in [0.1, 0.15) is 66.7 Å². The highest BCUT2D eigenvalue weighted by molar-refractivity contribution is 5.10. The largest absolute Gasteiger partial charge is 0.389 e. The summed E-state index contributed by atoms with van der Waals surface area (Å²) in [5, 5.41) is 20.7. The van der Waals surface area contributed by atoms with Crippen molar-refractivity contribution < 1.29 is 10.2 Å². The lowest BCUT2D eigenvalue weighted by atomic mass is 9.87. The van der Waals surface area contributed by atoms with Gasteiger partial charge in [-0.3, -0.25) is 0 Å². The van der Waals surface area contributed by atoms with Crippen LogP contribution in [0.5, 0.6) is 0 Å². The standard InChI is InChI=1S/C20H34O2/c1-15(2)18-9-8-17(4)14-19(21)13-16(3)7-6-11-20(5,22)12-10-18/h7,10,12,14-15,18-19,21-22H,6,8-9,11,13H2,1-5H3/b12-10-,16-7+,17-14+. The van der Waals surface area contributed by atoms with E-state index in [9.17, 15) is 10.2 Å². The van der Waals surface area contributed by atoms with E-state index in [1.54, 1.807) is 0 Å². The van der Waals surface area contributed by atoms with Crippen molar-refractivity contribution in [2.24, 2.45) is 11.8 Å². The predicted molar refractivity (Wildman–Crippen MR) is 94.7 cm³/mol. The molecule has 0 amide bonds. The normalized spacial score (nSPS) is 38.5. The zero-order chi connectivity index (χ0) is 16.8. The first-order valence-electron chi connectivity index (χ1n) is 8.62. The molecular weight excluding hydrogens is 272 g/mol. The van der Waals surface area contributed by atoms with Crippen LogP contribution in [0.15, 0.2) is 35.5 Å². The molecule has 2 heteroatoms. The van der Waals surface area contributed by atoms with Gasteiger partial charge >= 0.3 is 0 Å². The lowest BCUT2D eigenvalue weighted by Crippen LogP contribution is -2.21. The Labute approximate surface area is 136 Å². The second-order valence-corrected chi connectivity index (χ2v) is 7.54. The smallest absolute Gasteiger partial charge is 0.0802 e. The third kappa shape index (κ3) is 7.42. The Morgan fingerprint density at radius 2 is 1.91 bits per heavy atom. The van der Waals surface area contributed by atoms with Crippen LogP contribution in [0.25, 0.3) is 0 Å². The Balaban J connectivity index is 2.95. The minimum atomic E-state index is -0.752. The maximum absolute atomic E-state index is 10.5. The topological polar surface area (TPSA) is 40.5 Å². The molecule has 1 rings (SSSR count). The summed E-state index contributed by atoms with van der Waals surface area (Å²) in [6.07, 6.45) is 12.2. The van der Waals surface area contributed by atoms with Crippen LogP contribution >= 0.6 is 0 Å². The van der Waals surface area contributed by atoms with Gasteiger partial charge in [-0.2, -0.15) is 0 Å². The molecule has 1 aliphatic rings. The maximum atomic E-state index is 10.5. The van der Waals surface area contributed by atoms with Crippen molar-refractivity contribution in [1.29, 1.82) is 0 Å². The molecule has 22 heavy (non-hydrogen) atoms. The molecule has 0 aromatic carbocycles. The van der Waals surface area contributed by atoms with Gasteiger partial charge in [-0.05, 0) is 64.7 Å². The first-order valence-corrected chi connectivity index (χ1v) is 8.62. The number of rotatable bonds is 1. The lowest BCUT2D eigenvalue weighted by molar-refractivity contribution is 0.102. The van der Waals surface area contributed by atoms with Gasteiger partial charge in [-0.25, -0.2) is 0 Å². The van der Waals surface area contributed by atoms with Crippen LogP contribution in [-0.4, -0.2) is 21.9 Å². The summed E-state index contributed by atoms with van der Waals surface area (Å²) >= 11 is 0. The fraction of sp³-hybridized carbons (Fsp3) is 0.700. The molecule has 0 heterocycles. The van der Waals surface area contributed by atoms with E-state index in [4.69, 9.17) is 0 Å². The van der Waals surface area contributed by atoms with Gasteiger partial charge in [-0.1, -0.05) is 49.3 Å². The minimum Gasteiger partial charge on any atom is -0.389 e.